The van der Waals surface area contributed by atoms with Crippen molar-refractivity contribution >= 4 is 5.91 Å². The third-order valence-corrected chi connectivity index (χ3v) is 13.0. The zero-order valence-electron chi connectivity index (χ0n) is 36.0. The Bertz CT molecular complexity index is 1590. The molecule has 7 heterocycles. The van der Waals surface area contributed by atoms with Gasteiger partial charge in [-0.05, 0) is 20.8 Å². The van der Waals surface area contributed by atoms with Gasteiger partial charge in [-0.25, -0.2) is 0 Å². The van der Waals surface area contributed by atoms with Crippen LogP contribution in [0.15, 0.2) is 0 Å². The standard InChI is InChI=1S/C38H63NO27/c1-8-16(44)21(49)25(53)34(55-8)61-27-14(7-42)60-35-26(54)29(27)63-33-15(39-11(4)43)28(20(48)13(6-41)58-33)62-38-32(24(52)19(47)12(5-40)59-38)66-37-31(23(51)18(46)10(3)57-37)65-36-30(64-35)22(50)17(45)9(2)56-36/h8-10,12-38,40-42,44-54H,5-7H2,1-4H3,(H,39,43)/t8-,9-,10-,12+,13+,14+,15+,16-,17-,18-,19-,20-,21+,22+,23+,24-,25+,26+,27+,28+,29+,30+,31+,32+,33-,34-,35+,36-,37-,38+/m0/s1. The fourth-order valence-corrected chi connectivity index (χ4v) is 9.09. The molecular formula is C38H63NO27. The SMILES string of the molecule is CC(=O)N[C@H]1[C@@H]2O[C@@H]3[C@@H](O)[C@@H](O[C@H]4[C@H](O[C@H]5[C@H](O[C@H]6[C@@H](O[C@H]1[C@@H](O)[C@@H](CO)O2)O[C@H](CO)[C@H](O)[C@@H]6O)O[C@@H](C)[C@H](O)[C@H]5O)O[C@@H](C)[C@H](O)[C@H]4O)O[C@H](CO)[C@H]3O[C@@H]1O[C@@H](C)[C@H](O)[C@@H](O)[C@H]1O. The smallest absolute Gasteiger partial charge is 0.217 e. The molecule has 4 bridgehead atoms. The molecule has 0 saturated carbocycles. The summed E-state index contributed by atoms with van der Waals surface area (Å²) in [6, 6.07) is -1.73. The Morgan fingerprint density at radius 2 is 0.818 bits per heavy atom. The van der Waals surface area contributed by atoms with Crippen LogP contribution in [0.2, 0.25) is 0 Å². The van der Waals surface area contributed by atoms with Crippen LogP contribution in [0.25, 0.3) is 0 Å². The summed E-state index contributed by atoms with van der Waals surface area (Å²) >= 11 is 0. The first-order chi connectivity index (χ1) is 31.2. The summed E-state index contributed by atoms with van der Waals surface area (Å²) in [6.45, 7) is 2.16. The first-order valence-electron chi connectivity index (χ1n) is 21.6. The monoisotopic (exact) mass is 965 g/mol. The molecule has 0 radical (unpaired) electrons. The topological polar surface area (TPSA) is 423 Å². The number of aliphatic hydroxyl groups excluding tert-OH is 14. The average molecular weight is 966 g/mol. The van der Waals surface area contributed by atoms with Crippen molar-refractivity contribution in [3.8, 4) is 0 Å². The van der Waals surface area contributed by atoms with Gasteiger partial charge in [-0.2, -0.15) is 0 Å². The number of carbonyl (C=O) groups excluding carboxylic acids is 1. The van der Waals surface area contributed by atoms with Crippen molar-refractivity contribution in [2.45, 2.75) is 212 Å². The number of amides is 1. The molecule has 7 fully saturated rings. The molecule has 7 aliphatic heterocycles. The van der Waals surface area contributed by atoms with Gasteiger partial charge in [0.25, 0.3) is 0 Å². The van der Waals surface area contributed by atoms with Crippen molar-refractivity contribution in [3.63, 3.8) is 0 Å². The maximum Gasteiger partial charge on any atom is 0.217 e. The lowest BCUT2D eigenvalue weighted by Crippen LogP contribution is -2.71. The van der Waals surface area contributed by atoms with Gasteiger partial charge in [-0.3, -0.25) is 4.79 Å². The number of nitrogens with one attached hydrogen (secondary N) is 1. The van der Waals surface area contributed by atoms with Crippen molar-refractivity contribution < 1.29 is 133 Å². The second kappa shape index (κ2) is 21.4. The Kier molecular flexibility index (Phi) is 17.0. The number of hydrogen-bond donors (Lipinski definition) is 15. The minimum absolute atomic E-state index is 0.815. The number of ether oxygens (including phenoxy) is 12. The van der Waals surface area contributed by atoms with E-state index in [-0.39, 0.29) is 0 Å². The van der Waals surface area contributed by atoms with E-state index >= 15 is 0 Å². The first-order valence-corrected chi connectivity index (χ1v) is 21.6. The summed E-state index contributed by atoms with van der Waals surface area (Å²) in [5, 5.41) is 157. The minimum atomic E-state index is -2.19. The predicted molar refractivity (Wildman–Crippen MR) is 203 cm³/mol. The molecule has 7 rings (SSSR count). The van der Waals surface area contributed by atoms with Gasteiger partial charge >= 0.3 is 0 Å². The van der Waals surface area contributed by atoms with Crippen LogP contribution in [-0.4, -0.2) is 281 Å². The van der Waals surface area contributed by atoms with Gasteiger partial charge in [0.2, 0.25) is 5.91 Å². The Balaban J connectivity index is 1.37. The van der Waals surface area contributed by atoms with E-state index < -0.39 is 210 Å². The lowest BCUT2D eigenvalue weighted by Gasteiger charge is -2.51. The molecule has 66 heavy (non-hydrogen) atoms. The van der Waals surface area contributed by atoms with Gasteiger partial charge < -0.3 is 134 Å². The average Bonchev–Trinajstić information content (AvgIpc) is 3.28. The van der Waals surface area contributed by atoms with Crippen LogP contribution in [0.1, 0.15) is 27.7 Å². The zero-order chi connectivity index (χ0) is 48.2. The highest BCUT2D eigenvalue weighted by atomic mass is 16.8. The molecule has 30 atom stereocenters. The summed E-state index contributed by atoms with van der Waals surface area (Å²) < 4.78 is 72.3. The normalized spacial score (nSPS) is 55.1. The molecule has 7 aliphatic rings. The highest BCUT2D eigenvalue weighted by Crippen LogP contribution is 2.39. The Morgan fingerprint density at radius 1 is 0.409 bits per heavy atom. The molecule has 0 aromatic carbocycles. The number of aliphatic hydroxyl groups is 14. The van der Waals surface area contributed by atoms with Gasteiger partial charge in [0.1, 0.15) is 128 Å². The van der Waals surface area contributed by atoms with E-state index in [9.17, 15) is 76.3 Å². The van der Waals surface area contributed by atoms with E-state index in [0.29, 0.717) is 0 Å². The van der Waals surface area contributed by atoms with Gasteiger partial charge in [0.05, 0.1) is 38.1 Å². The van der Waals surface area contributed by atoms with E-state index in [4.69, 9.17) is 56.8 Å². The van der Waals surface area contributed by atoms with Crippen molar-refractivity contribution in [1.29, 1.82) is 0 Å². The lowest BCUT2D eigenvalue weighted by molar-refractivity contribution is -0.408. The second-order valence-corrected chi connectivity index (χ2v) is 17.5. The fourth-order valence-electron chi connectivity index (χ4n) is 9.09. The molecule has 382 valence electrons. The molecule has 0 aliphatic carbocycles. The first kappa shape index (κ1) is 52.3. The van der Waals surface area contributed by atoms with Crippen LogP contribution in [0.3, 0.4) is 0 Å². The number of carbonyl (C=O) groups is 1. The number of hydrogen-bond acceptors (Lipinski definition) is 27. The third-order valence-electron chi connectivity index (χ3n) is 13.0. The number of fused-ring (bicyclic) bond motifs is 7. The number of rotatable bonds is 6. The molecule has 15 N–H and O–H groups in total. The molecule has 0 aromatic rings. The van der Waals surface area contributed by atoms with Crippen LogP contribution < -0.4 is 5.32 Å². The molecule has 7 saturated heterocycles. The molecule has 28 nitrogen and oxygen atoms in total. The highest BCUT2D eigenvalue weighted by Gasteiger charge is 2.60. The summed E-state index contributed by atoms with van der Waals surface area (Å²) in [5.74, 6) is -0.815. The molecule has 0 aromatic heterocycles. The molecule has 0 spiro atoms. The van der Waals surface area contributed by atoms with E-state index in [1.807, 2.05) is 0 Å². The largest absolute Gasteiger partial charge is 0.394 e. The zero-order valence-corrected chi connectivity index (χ0v) is 36.0. The summed E-state index contributed by atoms with van der Waals surface area (Å²) in [7, 11) is 0. The van der Waals surface area contributed by atoms with Gasteiger partial charge in [-0.1, -0.05) is 0 Å². The Hall–Kier alpha value is -1.57. The maximum atomic E-state index is 12.9. The maximum absolute atomic E-state index is 12.9. The third kappa shape index (κ3) is 10.1. The van der Waals surface area contributed by atoms with Crippen LogP contribution in [0.4, 0.5) is 0 Å². The van der Waals surface area contributed by atoms with Gasteiger partial charge in [-0.15, -0.1) is 0 Å². The van der Waals surface area contributed by atoms with E-state index in [0.717, 1.165) is 6.92 Å². The summed E-state index contributed by atoms with van der Waals surface area (Å²) in [4.78, 5) is 12.9. The minimum Gasteiger partial charge on any atom is -0.394 e. The molecular weight excluding hydrogens is 902 g/mol. The lowest BCUT2D eigenvalue weighted by atomic mass is 9.94. The van der Waals surface area contributed by atoms with Gasteiger partial charge in [0, 0.05) is 6.92 Å². The molecule has 0 unspecified atom stereocenters. The van der Waals surface area contributed by atoms with Crippen molar-refractivity contribution in [2.75, 3.05) is 19.8 Å². The van der Waals surface area contributed by atoms with Crippen molar-refractivity contribution in [3.05, 3.63) is 0 Å². The fraction of sp³-hybridized carbons (Fsp3) is 0.974. The Labute approximate surface area is 375 Å². The molecule has 1 amide bonds. The summed E-state index contributed by atoms with van der Waals surface area (Å²) in [6.07, 6.45) is -52.5. The highest BCUT2D eigenvalue weighted by molar-refractivity contribution is 5.73. The second-order valence-electron chi connectivity index (χ2n) is 17.5. The van der Waals surface area contributed by atoms with Crippen LogP contribution in [0, 0.1) is 0 Å². The van der Waals surface area contributed by atoms with Gasteiger partial charge in [0.15, 0.2) is 37.7 Å². The van der Waals surface area contributed by atoms with Crippen LogP contribution in [0.5, 0.6) is 0 Å². The van der Waals surface area contributed by atoms with Crippen molar-refractivity contribution in [1.82, 2.24) is 5.32 Å². The summed E-state index contributed by atoms with van der Waals surface area (Å²) in [5.41, 5.74) is 0. The Morgan fingerprint density at radius 3 is 1.35 bits per heavy atom. The van der Waals surface area contributed by atoms with E-state index in [1.165, 1.54) is 20.8 Å². The van der Waals surface area contributed by atoms with E-state index in [2.05, 4.69) is 5.32 Å². The predicted octanol–water partition coefficient (Wildman–Crippen LogP) is -9.83. The van der Waals surface area contributed by atoms with Crippen molar-refractivity contribution in [2.24, 2.45) is 0 Å². The quantitative estimate of drug-likeness (QED) is 0.118. The van der Waals surface area contributed by atoms with E-state index in [1.54, 1.807) is 0 Å². The van der Waals surface area contributed by atoms with Crippen LogP contribution >= 0.6 is 0 Å². The van der Waals surface area contributed by atoms with Crippen LogP contribution in [-0.2, 0) is 61.6 Å². The molecule has 28 heteroatoms.